The fourth-order valence-electron chi connectivity index (χ4n) is 1.99. The van der Waals surface area contributed by atoms with E-state index >= 15 is 0 Å². The first-order chi connectivity index (χ1) is 7.24. The lowest BCUT2D eigenvalue weighted by atomic mass is 9.96. The molecule has 1 aromatic carbocycles. The van der Waals surface area contributed by atoms with Gasteiger partial charge in [0.2, 0.25) is 0 Å². The Labute approximate surface area is 96.1 Å². The summed E-state index contributed by atoms with van der Waals surface area (Å²) in [4.78, 5) is 1.42. The third-order valence-corrected chi connectivity index (χ3v) is 3.88. The lowest BCUT2D eigenvalue weighted by molar-refractivity contribution is 1.31. The average molecular weight is 216 g/mol. The summed E-state index contributed by atoms with van der Waals surface area (Å²) in [6, 6.07) is 8.73. The molecule has 0 bridgehead atoms. The van der Waals surface area contributed by atoms with Crippen molar-refractivity contribution in [3.05, 3.63) is 51.9 Å². The van der Waals surface area contributed by atoms with Crippen LogP contribution in [0.4, 0.5) is 0 Å². The molecule has 0 fully saturated rings. The largest absolute Gasteiger partial charge is 0.121 e. The molecule has 78 valence electrons. The maximum absolute atomic E-state index is 2.24. The van der Waals surface area contributed by atoms with Crippen LogP contribution >= 0.6 is 11.8 Å². The van der Waals surface area contributed by atoms with E-state index in [1.807, 2.05) is 11.8 Å². The zero-order chi connectivity index (χ0) is 10.8. The van der Waals surface area contributed by atoms with E-state index in [-0.39, 0.29) is 0 Å². The van der Waals surface area contributed by atoms with E-state index < -0.39 is 0 Å². The Morgan fingerprint density at radius 3 is 2.67 bits per heavy atom. The van der Waals surface area contributed by atoms with Crippen molar-refractivity contribution in [2.45, 2.75) is 26.5 Å². The number of rotatable bonds is 0. The number of hydrogen-bond acceptors (Lipinski definition) is 1. The SMILES string of the molecule is C/C=C1\SCc2ccccc2C1=C(C)C. The van der Waals surface area contributed by atoms with Crippen molar-refractivity contribution in [1.29, 1.82) is 0 Å². The smallest absolute Gasteiger partial charge is 0.0238 e. The van der Waals surface area contributed by atoms with Crippen LogP contribution in [0.5, 0.6) is 0 Å². The molecule has 0 radical (unpaired) electrons. The second kappa shape index (κ2) is 4.28. The average Bonchev–Trinajstić information content (AvgIpc) is 2.27. The van der Waals surface area contributed by atoms with Gasteiger partial charge in [0, 0.05) is 10.7 Å². The van der Waals surface area contributed by atoms with Gasteiger partial charge < -0.3 is 0 Å². The normalized spacial score (nSPS) is 17.8. The van der Waals surface area contributed by atoms with Gasteiger partial charge in [0.05, 0.1) is 0 Å². The summed E-state index contributed by atoms with van der Waals surface area (Å²) < 4.78 is 0. The number of benzene rings is 1. The lowest BCUT2D eigenvalue weighted by Gasteiger charge is -2.22. The van der Waals surface area contributed by atoms with Crippen LogP contribution in [-0.2, 0) is 5.75 Å². The van der Waals surface area contributed by atoms with E-state index in [9.17, 15) is 0 Å². The van der Waals surface area contributed by atoms with Crippen LogP contribution in [0.15, 0.2) is 40.8 Å². The molecule has 0 atom stereocenters. The topological polar surface area (TPSA) is 0 Å². The summed E-state index contributed by atoms with van der Waals surface area (Å²) in [6.07, 6.45) is 2.23. The Bertz CT molecular complexity index is 434. The van der Waals surface area contributed by atoms with Crippen LogP contribution in [0, 0.1) is 0 Å². The summed E-state index contributed by atoms with van der Waals surface area (Å²) in [5.74, 6) is 1.10. The Hall–Kier alpha value is -0.950. The molecule has 1 heterocycles. The van der Waals surface area contributed by atoms with E-state index in [0.717, 1.165) is 5.75 Å². The zero-order valence-corrected chi connectivity index (χ0v) is 10.3. The Morgan fingerprint density at radius 2 is 2.00 bits per heavy atom. The van der Waals surface area contributed by atoms with E-state index in [1.165, 1.54) is 27.2 Å². The summed E-state index contributed by atoms with van der Waals surface area (Å²) >= 11 is 1.95. The van der Waals surface area contributed by atoms with Crippen LogP contribution in [0.25, 0.3) is 5.57 Å². The van der Waals surface area contributed by atoms with Crippen LogP contribution in [0.1, 0.15) is 31.9 Å². The van der Waals surface area contributed by atoms with Gasteiger partial charge in [-0.05, 0) is 37.5 Å². The van der Waals surface area contributed by atoms with Gasteiger partial charge in [-0.1, -0.05) is 35.9 Å². The summed E-state index contributed by atoms with van der Waals surface area (Å²) in [6.45, 7) is 6.52. The molecule has 1 aliphatic rings. The second-order valence-corrected chi connectivity index (χ2v) is 4.99. The molecule has 1 heteroatoms. The highest BCUT2D eigenvalue weighted by atomic mass is 32.2. The molecule has 15 heavy (non-hydrogen) atoms. The maximum atomic E-state index is 2.24. The van der Waals surface area contributed by atoms with Gasteiger partial charge in [-0.3, -0.25) is 0 Å². The molecule has 0 saturated carbocycles. The van der Waals surface area contributed by atoms with Crippen LogP contribution < -0.4 is 0 Å². The number of hydrogen-bond donors (Lipinski definition) is 0. The molecule has 0 aromatic heterocycles. The molecular formula is C14H16S. The summed E-state index contributed by atoms with van der Waals surface area (Å²) in [5, 5.41) is 0. The molecule has 1 aliphatic heterocycles. The Kier molecular flexibility index (Phi) is 3.01. The van der Waals surface area contributed by atoms with Gasteiger partial charge >= 0.3 is 0 Å². The Morgan fingerprint density at radius 1 is 1.27 bits per heavy atom. The van der Waals surface area contributed by atoms with Gasteiger partial charge in [-0.15, -0.1) is 11.8 Å². The fourth-order valence-corrected chi connectivity index (χ4v) is 3.18. The van der Waals surface area contributed by atoms with E-state index in [1.54, 1.807) is 0 Å². The molecule has 0 amide bonds. The van der Waals surface area contributed by atoms with Crippen molar-refractivity contribution in [3.8, 4) is 0 Å². The van der Waals surface area contributed by atoms with Gasteiger partial charge in [-0.25, -0.2) is 0 Å². The molecule has 0 nitrogen and oxygen atoms in total. The minimum absolute atomic E-state index is 1.10. The first-order valence-corrected chi connectivity index (χ1v) is 6.28. The van der Waals surface area contributed by atoms with Gasteiger partial charge in [-0.2, -0.15) is 0 Å². The molecule has 1 aromatic rings. The van der Waals surface area contributed by atoms with Gasteiger partial charge in [0.15, 0.2) is 0 Å². The fraction of sp³-hybridized carbons (Fsp3) is 0.286. The highest BCUT2D eigenvalue weighted by Crippen LogP contribution is 2.42. The maximum Gasteiger partial charge on any atom is 0.0238 e. The molecule has 2 rings (SSSR count). The van der Waals surface area contributed by atoms with Crippen LogP contribution in [-0.4, -0.2) is 0 Å². The third kappa shape index (κ3) is 1.89. The van der Waals surface area contributed by atoms with Gasteiger partial charge in [0.25, 0.3) is 0 Å². The minimum atomic E-state index is 1.10. The minimum Gasteiger partial charge on any atom is -0.121 e. The monoisotopic (exact) mass is 216 g/mol. The van der Waals surface area contributed by atoms with E-state index in [2.05, 4.69) is 51.1 Å². The summed E-state index contributed by atoms with van der Waals surface area (Å²) in [5.41, 5.74) is 5.72. The number of fused-ring (bicyclic) bond motifs is 1. The van der Waals surface area contributed by atoms with Crippen molar-refractivity contribution >= 4 is 17.3 Å². The standard InChI is InChI=1S/C14H16S/c1-4-13-14(10(2)3)12-8-6-5-7-11(12)9-15-13/h4-8H,9H2,1-3H3/b13-4-. The van der Waals surface area contributed by atoms with Crippen molar-refractivity contribution < 1.29 is 0 Å². The summed E-state index contributed by atoms with van der Waals surface area (Å²) in [7, 11) is 0. The number of thioether (sulfide) groups is 1. The van der Waals surface area contributed by atoms with Crippen molar-refractivity contribution in [2.75, 3.05) is 0 Å². The molecule has 0 spiro atoms. The highest BCUT2D eigenvalue weighted by molar-refractivity contribution is 8.03. The van der Waals surface area contributed by atoms with Crippen molar-refractivity contribution in [1.82, 2.24) is 0 Å². The Balaban J connectivity index is 2.64. The third-order valence-electron chi connectivity index (χ3n) is 2.68. The predicted octanol–water partition coefficient (Wildman–Crippen LogP) is 4.63. The second-order valence-electron chi connectivity index (χ2n) is 3.97. The number of allylic oxidation sites excluding steroid dienone is 3. The first kappa shape index (κ1) is 10.6. The van der Waals surface area contributed by atoms with Crippen LogP contribution in [0.3, 0.4) is 0 Å². The van der Waals surface area contributed by atoms with Crippen LogP contribution in [0.2, 0.25) is 0 Å². The zero-order valence-electron chi connectivity index (χ0n) is 9.50. The van der Waals surface area contributed by atoms with E-state index in [4.69, 9.17) is 0 Å². The molecule has 0 saturated heterocycles. The highest BCUT2D eigenvalue weighted by Gasteiger charge is 2.18. The molecule has 0 unspecified atom stereocenters. The van der Waals surface area contributed by atoms with Crippen molar-refractivity contribution in [3.63, 3.8) is 0 Å². The lowest BCUT2D eigenvalue weighted by Crippen LogP contribution is -2.01. The quantitative estimate of drug-likeness (QED) is 0.609. The van der Waals surface area contributed by atoms with E-state index in [0.29, 0.717) is 0 Å². The van der Waals surface area contributed by atoms with Gasteiger partial charge in [0.1, 0.15) is 0 Å². The molecule has 0 aliphatic carbocycles. The van der Waals surface area contributed by atoms with Crippen molar-refractivity contribution in [2.24, 2.45) is 0 Å². The first-order valence-electron chi connectivity index (χ1n) is 5.29. The predicted molar refractivity (Wildman–Crippen MR) is 69.8 cm³/mol. The molecule has 0 N–H and O–H groups in total. The molecular weight excluding hydrogens is 200 g/mol.